The molecule has 0 aliphatic carbocycles. The van der Waals surface area contributed by atoms with Gasteiger partial charge in [0.2, 0.25) is 0 Å². The van der Waals surface area contributed by atoms with Crippen molar-refractivity contribution in [2.24, 2.45) is 0 Å². The molecule has 0 aliphatic rings. The van der Waals surface area contributed by atoms with Gasteiger partial charge in [0, 0.05) is 32.2 Å². The van der Waals surface area contributed by atoms with Gasteiger partial charge >= 0.3 is 0 Å². The van der Waals surface area contributed by atoms with E-state index in [1.807, 2.05) is 6.92 Å². The molecule has 0 rings (SSSR count). The highest BCUT2D eigenvalue weighted by atomic mass is 35.5. The van der Waals surface area contributed by atoms with E-state index in [0.717, 1.165) is 32.7 Å². The summed E-state index contributed by atoms with van der Waals surface area (Å²) < 4.78 is 5.20. The lowest BCUT2D eigenvalue weighted by Gasteiger charge is -2.13. The fraction of sp³-hybridized carbons (Fsp3) is 1.00. The van der Waals surface area contributed by atoms with E-state index in [9.17, 15) is 0 Å². The van der Waals surface area contributed by atoms with E-state index in [0.29, 0.717) is 5.88 Å². The normalized spacial score (nSPS) is 10.9. The van der Waals surface area contributed by atoms with Crippen molar-refractivity contribution in [3.05, 3.63) is 0 Å². The van der Waals surface area contributed by atoms with Crippen molar-refractivity contribution < 1.29 is 4.74 Å². The summed E-state index contributed by atoms with van der Waals surface area (Å²) in [6, 6.07) is 0. The van der Waals surface area contributed by atoms with Crippen LogP contribution in [0.3, 0.4) is 0 Å². The summed E-state index contributed by atoms with van der Waals surface area (Å²) in [4.78, 5) is 2.21. The Bertz CT molecular complexity index is 80.5. The van der Waals surface area contributed by atoms with Crippen LogP contribution in [0.4, 0.5) is 0 Å². The SMILES string of the molecule is CCOCCCN(C)CCCl. The minimum atomic E-state index is 0.713. The quantitative estimate of drug-likeness (QED) is 0.435. The summed E-state index contributed by atoms with van der Waals surface area (Å²) >= 11 is 5.56. The molecular formula is C8H18ClNO. The molecule has 68 valence electrons. The fourth-order valence-corrected chi connectivity index (χ4v) is 1.13. The van der Waals surface area contributed by atoms with Gasteiger partial charge in [-0.15, -0.1) is 11.6 Å². The highest BCUT2D eigenvalue weighted by molar-refractivity contribution is 6.18. The summed E-state index contributed by atoms with van der Waals surface area (Å²) in [5.41, 5.74) is 0. The second kappa shape index (κ2) is 8.31. The van der Waals surface area contributed by atoms with Gasteiger partial charge in [-0.2, -0.15) is 0 Å². The summed E-state index contributed by atoms with van der Waals surface area (Å²) in [5.74, 6) is 0.713. The first-order valence-corrected chi connectivity index (χ1v) is 4.67. The maximum absolute atomic E-state index is 5.56. The van der Waals surface area contributed by atoms with Gasteiger partial charge in [0.15, 0.2) is 0 Å². The third-order valence-electron chi connectivity index (χ3n) is 1.50. The van der Waals surface area contributed by atoms with Crippen LogP contribution in [-0.4, -0.2) is 44.1 Å². The van der Waals surface area contributed by atoms with Crippen LogP contribution in [0.5, 0.6) is 0 Å². The molecule has 0 aliphatic heterocycles. The molecule has 0 N–H and O–H groups in total. The van der Waals surface area contributed by atoms with Crippen LogP contribution in [0, 0.1) is 0 Å². The second-order valence-electron chi connectivity index (χ2n) is 2.54. The Morgan fingerprint density at radius 1 is 1.36 bits per heavy atom. The molecule has 0 aromatic heterocycles. The predicted molar refractivity (Wildman–Crippen MR) is 49.3 cm³/mol. The summed E-state index contributed by atoms with van der Waals surface area (Å²) in [7, 11) is 2.08. The monoisotopic (exact) mass is 179 g/mol. The van der Waals surface area contributed by atoms with Crippen molar-refractivity contribution in [1.82, 2.24) is 4.90 Å². The molecule has 0 aromatic rings. The molecule has 0 bridgehead atoms. The first-order chi connectivity index (χ1) is 5.31. The number of hydrogen-bond donors (Lipinski definition) is 0. The fourth-order valence-electron chi connectivity index (χ4n) is 0.837. The smallest absolute Gasteiger partial charge is 0.0478 e. The van der Waals surface area contributed by atoms with Gasteiger partial charge in [0.25, 0.3) is 0 Å². The standard InChI is InChI=1S/C8H18ClNO/c1-3-11-8-4-6-10(2)7-5-9/h3-8H2,1-2H3. The largest absolute Gasteiger partial charge is 0.382 e. The molecule has 0 saturated carbocycles. The number of nitrogens with zero attached hydrogens (tertiary/aromatic N) is 1. The first-order valence-electron chi connectivity index (χ1n) is 4.13. The Balaban J connectivity index is 2.97. The number of rotatable bonds is 7. The third kappa shape index (κ3) is 8.11. The maximum atomic E-state index is 5.56. The zero-order valence-electron chi connectivity index (χ0n) is 7.48. The Labute approximate surface area is 74.5 Å². The molecule has 0 aromatic carbocycles. The van der Waals surface area contributed by atoms with Gasteiger partial charge in [0.1, 0.15) is 0 Å². The zero-order chi connectivity index (χ0) is 8.53. The highest BCUT2D eigenvalue weighted by Gasteiger charge is 1.95. The van der Waals surface area contributed by atoms with Crippen molar-refractivity contribution >= 4 is 11.6 Å². The van der Waals surface area contributed by atoms with Crippen molar-refractivity contribution in [3.63, 3.8) is 0 Å². The highest BCUT2D eigenvalue weighted by Crippen LogP contribution is 1.89. The number of ether oxygens (including phenoxy) is 1. The molecule has 0 saturated heterocycles. The topological polar surface area (TPSA) is 12.5 Å². The van der Waals surface area contributed by atoms with Gasteiger partial charge in [0.05, 0.1) is 0 Å². The molecule has 0 unspecified atom stereocenters. The van der Waals surface area contributed by atoms with E-state index in [4.69, 9.17) is 16.3 Å². The molecule has 3 heteroatoms. The van der Waals surface area contributed by atoms with Crippen molar-refractivity contribution in [2.45, 2.75) is 13.3 Å². The van der Waals surface area contributed by atoms with Crippen LogP contribution in [-0.2, 0) is 4.74 Å². The first kappa shape index (κ1) is 11.2. The molecule has 0 heterocycles. The van der Waals surface area contributed by atoms with Gasteiger partial charge < -0.3 is 9.64 Å². The van der Waals surface area contributed by atoms with Crippen molar-refractivity contribution in [1.29, 1.82) is 0 Å². The molecule has 0 spiro atoms. The van der Waals surface area contributed by atoms with Crippen LogP contribution < -0.4 is 0 Å². The van der Waals surface area contributed by atoms with Gasteiger partial charge in [-0.25, -0.2) is 0 Å². The Kier molecular flexibility index (Phi) is 8.47. The maximum Gasteiger partial charge on any atom is 0.0478 e. The van der Waals surface area contributed by atoms with Crippen molar-refractivity contribution in [3.8, 4) is 0 Å². The van der Waals surface area contributed by atoms with Gasteiger partial charge in [-0.05, 0) is 20.4 Å². The van der Waals surface area contributed by atoms with Crippen molar-refractivity contribution in [2.75, 3.05) is 39.2 Å². The zero-order valence-corrected chi connectivity index (χ0v) is 8.23. The molecule has 0 radical (unpaired) electrons. The molecular weight excluding hydrogens is 162 g/mol. The summed E-state index contributed by atoms with van der Waals surface area (Å²) in [6.45, 7) is 5.74. The van der Waals surface area contributed by atoms with Crippen LogP contribution >= 0.6 is 11.6 Å². The minimum absolute atomic E-state index is 0.713. The van der Waals surface area contributed by atoms with E-state index in [1.54, 1.807) is 0 Å². The Morgan fingerprint density at radius 3 is 2.64 bits per heavy atom. The lowest BCUT2D eigenvalue weighted by molar-refractivity contribution is 0.136. The molecule has 0 amide bonds. The van der Waals surface area contributed by atoms with Gasteiger partial charge in [-0.1, -0.05) is 0 Å². The van der Waals surface area contributed by atoms with Crippen LogP contribution in [0.25, 0.3) is 0 Å². The molecule has 0 fully saturated rings. The predicted octanol–water partition coefficient (Wildman–Crippen LogP) is 1.58. The number of alkyl halides is 1. The number of hydrogen-bond acceptors (Lipinski definition) is 2. The van der Waals surface area contributed by atoms with E-state index < -0.39 is 0 Å². The van der Waals surface area contributed by atoms with E-state index >= 15 is 0 Å². The minimum Gasteiger partial charge on any atom is -0.382 e. The van der Waals surface area contributed by atoms with E-state index in [2.05, 4.69) is 11.9 Å². The summed E-state index contributed by atoms with van der Waals surface area (Å²) in [6.07, 6.45) is 1.10. The Morgan fingerprint density at radius 2 is 2.09 bits per heavy atom. The average Bonchev–Trinajstić information content (AvgIpc) is 1.99. The van der Waals surface area contributed by atoms with Gasteiger partial charge in [-0.3, -0.25) is 0 Å². The Hall–Kier alpha value is 0.210. The summed E-state index contributed by atoms with van der Waals surface area (Å²) in [5, 5.41) is 0. The van der Waals surface area contributed by atoms with Crippen LogP contribution in [0.15, 0.2) is 0 Å². The number of halogens is 1. The average molecular weight is 180 g/mol. The molecule has 0 atom stereocenters. The molecule has 11 heavy (non-hydrogen) atoms. The molecule has 2 nitrogen and oxygen atoms in total. The lowest BCUT2D eigenvalue weighted by Crippen LogP contribution is -2.22. The van der Waals surface area contributed by atoms with Crippen LogP contribution in [0.2, 0.25) is 0 Å². The third-order valence-corrected chi connectivity index (χ3v) is 1.67. The van der Waals surface area contributed by atoms with Crippen LogP contribution in [0.1, 0.15) is 13.3 Å². The van der Waals surface area contributed by atoms with E-state index in [-0.39, 0.29) is 0 Å². The lowest BCUT2D eigenvalue weighted by atomic mass is 10.4. The second-order valence-corrected chi connectivity index (χ2v) is 2.92. The van der Waals surface area contributed by atoms with E-state index in [1.165, 1.54) is 0 Å².